The Morgan fingerprint density at radius 3 is 2.58 bits per heavy atom. The third kappa shape index (κ3) is 4.31. The topological polar surface area (TPSA) is 73.3 Å². The van der Waals surface area contributed by atoms with Crippen molar-refractivity contribution in [2.45, 2.75) is 13.8 Å². The van der Waals surface area contributed by atoms with Gasteiger partial charge in [0.05, 0.1) is 12.4 Å². The van der Waals surface area contributed by atoms with Crippen LogP contribution in [-0.4, -0.2) is 42.1 Å². The number of nitrogens with zero attached hydrogens (tertiary/aromatic N) is 1. The van der Waals surface area contributed by atoms with Crippen LogP contribution < -0.4 is 5.73 Å². The predicted octanol–water partition coefficient (Wildman–Crippen LogP) is -0.127. The second-order valence-corrected chi connectivity index (χ2v) is 2.97. The SMILES string of the molecule is CCN(CCO)CC(C)C(=N)N. The van der Waals surface area contributed by atoms with Gasteiger partial charge in [0.15, 0.2) is 0 Å². The molecule has 4 N–H and O–H groups in total. The Morgan fingerprint density at radius 2 is 2.25 bits per heavy atom. The summed E-state index contributed by atoms with van der Waals surface area (Å²) < 4.78 is 0. The van der Waals surface area contributed by atoms with Crippen molar-refractivity contribution in [2.24, 2.45) is 11.7 Å². The molecule has 0 saturated carbocycles. The molecule has 0 radical (unpaired) electrons. The molecule has 72 valence electrons. The highest BCUT2D eigenvalue weighted by Gasteiger charge is 2.09. The second-order valence-electron chi connectivity index (χ2n) is 2.97. The van der Waals surface area contributed by atoms with E-state index >= 15 is 0 Å². The third-order valence-electron chi connectivity index (χ3n) is 1.93. The minimum atomic E-state index is 0.0801. The van der Waals surface area contributed by atoms with E-state index < -0.39 is 0 Å². The average Bonchev–Trinajstić information content (AvgIpc) is 2.03. The Labute approximate surface area is 73.9 Å². The van der Waals surface area contributed by atoms with Gasteiger partial charge in [-0.25, -0.2) is 0 Å². The van der Waals surface area contributed by atoms with Crippen LogP contribution >= 0.6 is 0 Å². The monoisotopic (exact) mass is 173 g/mol. The number of aliphatic hydroxyl groups excluding tert-OH is 1. The maximum atomic E-state index is 8.69. The summed E-state index contributed by atoms with van der Waals surface area (Å²) in [5.41, 5.74) is 5.33. The lowest BCUT2D eigenvalue weighted by Gasteiger charge is -2.22. The fourth-order valence-corrected chi connectivity index (χ4v) is 1.01. The molecule has 0 aromatic heterocycles. The van der Waals surface area contributed by atoms with Crippen LogP contribution in [0.1, 0.15) is 13.8 Å². The summed E-state index contributed by atoms with van der Waals surface area (Å²) in [4.78, 5) is 2.08. The molecule has 4 heteroatoms. The molecule has 0 fully saturated rings. The highest BCUT2D eigenvalue weighted by molar-refractivity contribution is 5.79. The van der Waals surface area contributed by atoms with Crippen molar-refractivity contribution < 1.29 is 5.11 Å². The molecule has 0 aliphatic heterocycles. The lowest BCUT2D eigenvalue weighted by molar-refractivity contribution is 0.195. The van der Waals surface area contributed by atoms with E-state index in [1.165, 1.54) is 0 Å². The van der Waals surface area contributed by atoms with Crippen LogP contribution in [0.3, 0.4) is 0 Å². The van der Waals surface area contributed by atoms with Crippen LogP contribution in [0.5, 0.6) is 0 Å². The molecule has 0 aromatic carbocycles. The summed E-state index contributed by atoms with van der Waals surface area (Å²) in [7, 11) is 0. The Morgan fingerprint density at radius 1 is 1.67 bits per heavy atom. The molecular formula is C8H19N3O. The van der Waals surface area contributed by atoms with Gasteiger partial charge in [0, 0.05) is 19.0 Å². The molecule has 0 bridgehead atoms. The molecule has 1 unspecified atom stereocenters. The van der Waals surface area contributed by atoms with Gasteiger partial charge in [-0.2, -0.15) is 0 Å². The van der Waals surface area contributed by atoms with E-state index in [-0.39, 0.29) is 18.4 Å². The summed E-state index contributed by atoms with van der Waals surface area (Å²) in [5.74, 6) is 0.294. The Kier molecular flexibility index (Phi) is 5.66. The van der Waals surface area contributed by atoms with Gasteiger partial charge < -0.3 is 15.7 Å². The summed E-state index contributed by atoms with van der Waals surface area (Å²) in [6, 6.07) is 0. The lowest BCUT2D eigenvalue weighted by atomic mass is 10.1. The van der Waals surface area contributed by atoms with E-state index in [1.807, 2.05) is 13.8 Å². The molecule has 4 nitrogen and oxygen atoms in total. The normalized spacial score (nSPS) is 13.3. The first-order chi connectivity index (χ1) is 5.61. The molecule has 0 heterocycles. The van der Waals surface area contributed by atoms with Crippen molar-refractivity contribution in [3.63, 3.8) is 0 Å². The maximum absolute atomic E-state index is 8.69. The van der Waals surface area contributed by atoms with Crippen LogP contribution in [0.4, 0.5) is 0 Å². The number of amidine groups is 1. The van der Waals surface area contributed by atoms with Gasteiger partial charge in [-0.05, 0) is 6.54 Å². The van der Waals surface area contributed by atoms with E-state index in [4.69, 9.17) is 16.2 Å². The molecule has 0 aromatic rings. The van der Waals surface area contributed by atoms with E-state index in [1.54, 1.807) is 0 Å². The molecule has 0 rings (SSSR count). The van der Waals surface area contributed by atoms with Crippen LogP contribution in [-0.2, 0) is 0 Å². The molecule has 0 saturated heterocycles. The van der Waals surface area contributed by atoms with Crippen molar-refractivity contribution in [1.29, 1.82) is 5.41 Å². The Balaban J connectivity index is 3.76. The number of hydrogen-bond donors (Lipinski definition) is 3. The summed E-state index contributed by atoms with van der Waals surface area (Å²) in [5, 5.41) is 15.9. The first-order valence-electron chi connectivity index (χ1n) is 4.28. The molecule has 1 atom stereocenters. The highest BCUT2D eigenvalue weighted by Crippen LogP contribution is 1.98. The fourth-order valence-electron chi connectivity index (χ4n) is 1.01. The lowest BCUT2D eigenvalue weighted by Crippen LogP contribution is -2.35. The van der Waals surface area contributed by atoms with Gasteiger partial charge >= 0.3 is 0 Å². The minimum Gasteiger partial charge on any atom is -0.395 e. The summed E-state index contributed by atoms with van der Waals surface area (Å²) in [6.45, 7) is 6.42. The van der Waals surface area contributed by atoms with Crippen molar-refractivity contribution >= 4 is 5.84 Å². The number of likely N-dealkylation sites (N-methyl/N-ethyl adjacent to an activating group) is 1. The second kappa shape index (κ2) is 5.97. The zero-order valence-electron chi connectivity index (χ0n) is 7.88. The number of nitrogens with two attached hydrogens (primary N) is 1. The van der Waals surface area contributed by atoms with E-state index in [2.05, 4.69) is 4.90 Å². The largest absolute Gasteiger partial charge is 0.395 e. The van der Waals surface area contributed by atoms with Crippen LogP contribution in [0.2, 0.25) is 0 Å². The first-order valence-corrected chi connectivity index (χ1v) is 4.28. The van der Waals surface area contributed by atoms with Crippen LogP contribution in [0.25, 0.3) is 0 Å². The number of rotatable bonds is 6. The van der Waals surface area contributed by atoms with Crippen molar-refractivity contribution in [2.75, 3.05) is 26.2 Å². The van der Waals surface area contributed by atoms with Crippen molar-refractivity contribution in [1.82, 2.24) is 4.90 Å². The summed E-state index contributed by atoms with van der Waals surface area (Å²) >= 11 is 0. The van der Waals surface area contributed by atoms with Gasteiger partial charge in [-0.1, -0.05) is 13.8 Å². The molecule has 0 spiro atoms. The van der Waals surface area contributed by atoms with Crippen molar-refractivity contribution in [3.05, 3.63) is 0 Å². The molecule has 12 heavy (non-hydrogen) atoms. The van der Waals surface area contributed by atoms with Gasteiger partial charge in [0.25, 0.3) is 0 Å². The van der Waals surface area contributed by atoms with Crippen LogP contribution in [0, 0.1) is 11.3 Å². The Hall–Kier alpha value is -0.610. The maximum Gasteiger partial charge on any atom is 0.0947 e. The van der Waals surface area contributed by atoms with E-state index in [0.717, 1.165) is 13.1 Å². The summed E-state index contributed by atoms with van der Waals surface area (Å²) in [6.07, 6.45) is 0. The first kappa shape index (κ1) is 11.4. The number of hydrogen-bond acceptors (Lipinski definition) is 3. The predicted molar refractivity (Wildman–Crippen MR) is 50.3 cm³/mol. The molecule has 0 aliphatic rings. The minimum absolute atomic E-state index is 0.0801. The van der Waals surface area contributed by atoms with Gasteiger partial charge in [0.1, 0.15) is 0 Å². The molecule has 0 aliphatic carbocycles. The average molecular weight is 173 g/mol. The van der Waals surface area contributed by atoms with Gasteiger partial charge in [0.2, 0.25) is 0 Å². The van der Waals surface area contributed by atoms with Gasteiger partial charge in [-0.3, -0.25) is 5.41 Å². The van der Waals surface area contributed by atoms with Gasteiger partial charge in [-0.15, -0.1) is 0 Å². The van der Waals surface area contributed by atoms with Crippen molar-refractivity contribution in [3.8, 4) is 0 Å². The molecular weight excluding hydrogens is 154 g/mol. The van der Waals surface area contributed by atoms with Crippen LogP contribution in [0.15, 0.2) is 0 Å². The molecule has 0 amide bonds. The van der Waals surface area contributed by atoms with E-state index in [0.29, 0.717) is 6.54 Å². The smallest absolute Gasteiger partial charge is 0.0947 e. The zero-order chi connectivity index (χ0) is 9.56. The number of aliphatic hydroxyl groups is 1. The zero-order valence-corrected chi connectivity index (χ0v) is 7.88. The number of nitrogens with one attached hydrogen (secondary N) is 1. The quantitative estimate of drug-likeness (QED) is 0.387. The fraction of sp³-hybridized carbons (Fsp3) is 0.875. The Bertz CT molecular complexity index is 138. The standard InChI is InChI=1S/C8H19N3O/c1-3-11(4-5-12)6-7(2)8(9)10/h7,12H,3-6H2,1-2H3,(H3,9,10). The third-order valence-corrected chi connectivity index (χ3v) is 1.93. The highest BCUT2D eigenvalue weighted by atomic mass is 16.3. The van der Waals surface area contributed by atoms with E-state index in [9.17, 15) is 0 Å².